The smallest absolute Gasteiger partial charge is 0.0708 e. The van der Waals surface area contributed by atoms with Crippen molar-refractivity contribution in [1.29, 1.82) is 0 Å². The van der Waals surface area contributed by atoms with Crippen molar-refractivity contribution in [3.63, 3.8) is 0 Å². The second-order valence-electron chi connectivity index (χ2n) is 4.80. The molecule has 1 atom stereocenters. The minimum Gasteiger partial charge on any atom is -0.308 e. The molecule has 2 heteroatoms. The summed E-state index contributed by atoms with van der Waals surface area (Å²) in [7, 11) is 2.03. The first kappa shape index (κ1) is 12.3. The van der Waals surface area contributed by atoms with Gasteiger partial charge in [-0.25, -0.2) is 0 Å². The average Bonchev–Trinajstić information content (AvgIpc) is 2.59. The Morgan fingerprint density at radius 1 is 1.24 bits per heavy atom. The molecular formula is C15H22N2. The number of allylic oxidation sites excluding steroid dienone is 1. The normalized spacial score (nSPS) is 18.4. The van der Waals surface area contributed by atoms with Gasteiger partial charge in [0, 0.05) is 5.69 Å². The summed E-state index contributed by atoms with van der Waals surface area (Å²) in [6.07, 6.45) is 8.85. The molecule has 0 aliphatic heterocycles. The molecule has 1 N–H and O–H groups in total. The van der Waals surface area contributed by atoms with Crippen molar-refractivity contribution in [3.05, 3.63) is 41.2 Å². The van der Waals surface area contributed by atoms with Crippen LogP contribution in [0.25, 0.3) is 0 Å². The molecule has 17 heavy (non-hydrogen) atoms. The van der Waals surface area contributed by atoms with E-state index in [1.54, 1.807) is 0 Å². The van der Waals surface area contributed by atoms with Crippen LogP contribution in [0.4, 0.5) is 0 Å². The Morgan fingerprint density at radius 3 is 2.88 bits per heavy atom. The van der Waals surface area contributed by atoms with Crippen LogP contribution in [0.2, 0.25) is 0 Å². The van der Waals surface area contributed by atoms with Crippen molar-refractivity contribution in [2.45, 2.75) is 45.1 Å². The van der Waals surface area contributed by atoms with E-state index >= 15 is 0 Å². The fourth-order valence-corrected chi connectivity index (χ4v) is 2.55. The Kier molecular flexibility index (Phi) is 4.32. The van der Waals surface area contributed by atoms with E-state index < -0.39 is 0 Å². The van der Waals surface area contributed by atoms with E-state index in [0.29, 0.717) is 6.04 Å². The van der Waals surface area contributed by atoms with E-state index in [9.17, 15) is 0 Å². The molecule has 1 aliphatic carbocycles. The zero-order chi connectivity index (χ0) is 12.1. The van der Waals surface area contributed by atoms with Crippen LogP contribution in [0.1, 0.15) is 49.5 Å². The third-order valence-electron chi connectivity index (χ3n) is 3.44. The highest BCUT2D eigenvalue weighted by Gasteiger charge is 2.16. The van der Waals surface area contributed by atoms with Crippen LogP contribution in [0, 0.1) is 6.92 Å². The van der Waals surface area contributed by atoms with Gasteiger partial charge in [0.15, 0.2) is 0 Å². The highest BCUT2D eigenvalue weighted by molar-refractivity contribution is 5.24. The SMILES string of the molecule is CNC(C1=CCCCCC1)c1cccc(C)n1. The number of likely N-dealkylation sites (N-methyl/N-ethyl adjacent to an activating group) is 1. The van der Waals surface area contributed by atoms with Gasteiger partial charge in [-0.05, 0) is 51.8 Å². The molecule has 1 aliphatic rings. The summed E-state index contributed by atoms with van der Waals surface area (Å²) < 4.78 is 0. The molecule has 2 rings (SSSR count). The lowest BCUT2D eigenvalue weighted by Crippen LogP contribution is -2.20. The lowest BCUT2D eigenvalue weighted by Gasteiger charge is -2.19. The second-order valence-corrected chi connectivity index (χ2v) is 4.80. The van der Waals surface area contributed by atoms with Crippen molar-refractivity contribution in [3.8, 4) is 0 Å². The van der Waals surface area contributed by atoms with Gasteiger partial charge >= 0.3 is 0 Å². The Balaban J connectivity index is 2.23. The summed E-state index contributed by atoms with van der Waals surface area (Å²) in [5.74, 6) is 0. The zero-order valence-electron chi connectivity index (χ0n) is 10.9. The summed E-state index contributed by atoms with van der Waals surface area (Å²) in [6.45, 7) is 2.05. The monoisotopic (exact) mass is 230 g/mol. The standard InChI is InChI=1S/C15H22N2/c1-12-8-7-11-14(17-12)15(16-2)13-9-5-3-4-6-10-13/h7-9,11,15-16H,3-6,10H2,1-2H3. The van der Waals surface area contributed by atoms with Crippen LogP contribution in [-0.2, 0) is 0 Å². The van der Waals surface area contributed by atoms with E-state index in [4.69, 9.17) is 0 Å². The summed E-state index contributed by atoms with van der Waals surface area (Å²) >= 11 is 0. The number of aryl methyl sites for hydroxylation is 1. The molecule has 0 saturated carbocycles. The van der Waals surface area contributed by atoms with Crippen molar-refractivity contribution in [1.82, 2.24) is 10.3 Å². The maximum absolute atomic E-state index is 4.65. The molecule has 0 bridgehead atoms. The summed E-state index contributed by atoms with van der Waals surface area (Å²) in [4.78, 5) is 4.65. The molecule has 2 nitrogen and oxygen atoms in total. The van der Waals surface area contributed by atoms with Crippen molar-refractivity contribution in [2.24, 2.45) is 0 Å². The van der Waals surface area contributed by atoms with Gasteiger partial charge in [0.1, 0.15) is 0 Å². The van der Waals surface area contributed by atoms with Crippen LogP contribution >= 0.6 is 0 Å². The number of hydrogen-bond donors (Lipinski definition) is 1. The highest BCUT2D eigenvalue weighted by atomic mass is 14.9. The lowest BCUT2D eigenvalue weighted by molar-refractivity contribution is 0.614. The van der Waals surface area contributed by atoms with Crippen molar-refractivity contribution >= 4 is 0 Å². The summed E-state index contributed by atoms with van der Waals surface area (Å²) in [5.41, 5.74) is 3.76. The third-order valence-corrected chi connectivity index (χ3v) is 3.44. The Labute approximate surface area is 104 Å². The number of nitrogens with zero attached hydrogens (tertiary/aromatic N) is 1. The molecule has 0 saturated heterocycles. The number of aromatic nitrogens is 1. The minimum atomic E-state index is 0.299. The van der Waals surface area contributed by atoms with Crippen LogP contribution in [0.15, 0.2) is 29.8 Å². The molecule has 0 fully saturated rings. The van der Waals surface area contributed by atoms with Crippen molar-refractivity contribution < 1.29 is 0 Å². The maximum Gasteiger partial charge on any atom is 0.0708 e. The molecule has 1 aromatic heterocycles. The van der Waals surface area contributed by atoms with Gasteiger partial charge in [-0.3, -0.25) is 4.98 Å². The van der Waals surface area contributed by atoms with Crippen molar-refractivity contribution in [2.75, 3.05) is 7.05 Å². The summed E-state index contributed by atoms with van der Waals surface area (Å²) in [5, 5.41) is 3.41. The van der Waals surface area contributed by atoms with E-state index in [-0.39, 0.29) is 0 Å². The molecule has 1 heterocycles. The van der Waals surface area contributed by atoms with Crippen LogP contribution in [0.5, 0.6) is 0 Å². The Morgan fingerprint density at radius 2 is 2.12 bits per heavy atom. The zero-order valence-corrected chi connectivity index (χ0v) is 10.9. The fraction of sp³-hybridized carbons (Fsp3) is 0.533. The van der Waals surface area contributed by atoms with E-state index in [1.165, 1.54) is 37.7 Å². The molecule has 1 aromatic rings. The quantitative estimate of drug-likeness (QED) is 0.803. The van der Waals surface area contributed by atoms with Crippen LogP contribution < -0.4 is 5.32 Å². The van der Waals surface area contributed by atoms with E-state index in [0.717, 1.165) is 11.4 Å². The largest absolute Gasteiger partial charge is 0.308 e. The first-order valence-corrected chi connectivity index (χ1v) is 6.61. The van der Waals surface area contributed by atoms with Gasteiger partial charge in [0.2, 0.25) is 0 Å². The average molecular weight is 230 g/mol. The first-order chi connectivity index (χ1) is 8.31. The highest BCUT2D eigenvalue weighted by Crippen LogP contribution is 2.28. The predicted molar refractivity (Wildman–Crippen MR) is 71.9 cm³/mol. The number of hydrogen-bond acceptors (Lipinski definition) is 2. The Hall–Kier alpha value is -1.15. The van der Waals surface area contributed by atoms with Gasteiger partial charge in [0.25, 0.3) is 0 Å². The van der Waals surface area contributed by atoms with Gasteiger partial charge in [0.05, 0.1) is 11.7 Å². The van der Waals surface area contributed by atoms with Gasteiger partial charge in [-0.1, -0.05) is 24.1 Å². The molecular weight excluding hydrogens is 208 g/mol. The van der Waals surface area contributed by atoms with Crippen LogP contribution in [0.3, 0.4) is 0 Å². The molecule has 0 amide bonds. The number of pyridine rings is 1. The number of rotatable bonds is 3. The van der Waals surface area contributed by atoms with Gasteiger partial charge in [-0.2, -0.15) is 0 Å². The lowest BCUT2D eigenvalue weighted by atomic mass is 9.98. The first-order valence-electron chi connectivity index (χ1n) is 6.61. The molecule has 0 spiro atoms. The summed E-state index contributed by atoms with van der Waals surface area (Å²) in [6, 6.07) is 6.57. The molecule has 0 aromatic carbocycles. The van der Waals surface area contributed by atoms with E-state index in [1.807, 2.05) is 7.05 Å². The number of nitrogens with one attached hydrogen (secondary N) is 1. The topological polar surface area (TPSA) is 24.9 Å². The van der Waals surface area contributed by atoms with Gasteiger partial charge < -0.3 is 5.32 Å². The predicted octanol–water partition coefficient (Wildman–Crippen LogP) is 3.54. The Bertz CT molecular complexity index is 396. The minimum absolute atomic E-state index is 0.299. The second kappa shape index (κ2) is 5.97. The van der Waals surface area contributed by atoms with E-state index in [2.05, 4.69) is 41.5 Å². The molecule has 0 radical (unpaired) electrons. The fourth-order valence-electron chi connectivity index (χ4n) is 2.55. The van der Waals surface area contributed by atoms with Crippen LogP contribution in [-0.4, -0.2) is 12.0 Å². The molecule has 92 valence electrons. The third kappa shape index (κ3) is 3.16. The van der Waals surface area contributed by atoms with Gasteiger partial charge in [-0.15, -0.1) is 0 Å². The maximum atomic E-state index is 4.65. The molecule has 1 unspecified atom stereocenters.